The Morgan fingerprint density at radius 1 is 1.25 bits per heavy atom. The number of nitrogens with one attached hydrogen (secondary N) is 1. The van der Waals surface area contributed by atoms with Gasteiger partial charge < -0.3 is 10.2 Å². The summed E-state index contributed by atoms with van der Waals surface area (Å²) in [7, 11) is 0. The fourth-order valence-corrected chi connectivity index (χ4v) is 3.72. The molecule has 1 aliphatic heterocycles. The first-order chi connectivity index (χ1) is 11.1. The molecule has 0 bridgehead atoms. The minimum Gasteiger partial charge on any atom is -0.339 e. The van der Waals surface area contributed by atoms with Crippen LogP contribution in [0.15, 0.2) is 24.3 Å². The summed E-state index contributed by atoms with van der Waals surface area (Å²) in [5, 5.41) is 3.26. The number of carbonyl (C=O) groups is 1. The molecule has 1 aliphatic carbocycles. The third-order valence-electron chi connectivity index (χ3n) is 5.51. The number of halogens is 2. The smallest absolute Gasteiger partial charge is 0.226 e. The number of carbonyl (C=O) groups excluding carboxylic acids is 1. The molecule has 5 heteroatoms. The van der Waals surface area contributed by atoms with Crippen molar-refractivity contribution in [1.82, 2.24) is 10.2 Å². The fraction of sp³-hybridized carbons (Fsp3) is 0.632. The molecule has 2 fully saturated rings. The van der Waals surface area contributed by atoms with Crippen molar-refractivity contribution in [1.29, 1.82) is 0 Å². The van der Waals surface area contributed by atoms with Gasteiger partial charge in [0.05, 0.1) is 0 Å². The summed E-state index contributed by atoms with van der Waals surface area (Å²) < 4.78 is 13.0. The first-order valence-corrected chi connectivity index (χ1v) is 8.91. The molecule has 0 aromatic heterocycles. The lowest BCUT2D eigenvalue weighted by Gasteiger charge is -2.37. The van der Waals surface area contributed by atoms with Crippen LogP contribution in [-0.4, -0.2) is 36.5 Å². The molecule has 1 saturated carbocycles. The third-order valence-corrected chi connectivity index (χ3v) is 5.51. The second kappa shape index (κ2) is 8.82. The minimum atomic E-state index is -0.205. The Morgan fingerprint density at radius 3 is 2.42 bits per heavy atom. The molecule has 1 atom stereocenters. The van der Waals surface area contributed by atoms with Gasteiger partial charge >= 0.3 is 0 Å². The molecule has 134 valence electrons. The molecule has 1 N–H and O–H groups in total. The molecule has 1 amide bonds. The lowest BCUT2D eigenvalue weighted by atomic mass is 9.87. The van der Waals surface area contributed by atoms with Gasteiger partial charge in [-0.25, -0.2) is 4.39 Å². The Kier molecular flexibility index (Phi) is 7.05. The van der Waals surface area contributed by atoms with Crippen molar-refractivity contribution < 1.29 is 9.18 Å². The van der Waals surface area contributed by atoms with Gasteiger partial charge in [0.15, 0.2) is 0 Å². The zero-order valence-electron chi connectivity index (χ0n) is 14.3. The van der Waals surface area contributed by atoms with E-state index in [1.807, 2.05) is 12.1 Å². The summed E-state index contributed by atoms with van der Waals surface area (Å²) >= 11 is 0. The quantitative estimate of drug-likeness (QED) is 0.849. The monoisotopic (exact) mass is 354 g/mol. The first-order valence-electron chi connectivity index (χ1n) is 8.91. The van der Waals surface area contributed by atoms with Crippen LogP contribution in [0.25, 0.3) is 0 Å². The van der Waals surface area contributed by atoms with Crippen LogP contribution in [0.4, 0.5) is 4.39 Å². The topological polar surface area (TPSA) is 32.3 Å². The fourth-order valence-electron chi connectivity index (χ4n) is 3.72. The Hall–Kier alpha value is -1.13. The minimum absolute atomic E-state index is 0. The summed E-state index contributed by atoms with van der Waals surface area (Å²) in [6, 6.07) is 7.05. The molecule has 0 radical (unpaired) electrons. The highest BCUT2D eigenvalue weighted by atomic mass is 35.5. The predicted molar refractivity (Wildman–Crippen MR) is 96.8 cm³/mol. The SMILES string of the molecule is CC(C(=O)N(CCc1ccc(F)cc1)C1CCCC1)C1CNC1.Cl. The highest BCUT2D eigenvalue weighted by molar-refractivity contribution is 5.85. The van der Waals surface area contributed by atoms with Gasteiger partial charge in [0.25, 0.3) is 0 Å². The second-order valence-corrected chi connectivity index (χ2v) is 7.05. The Bertz CT molecular complexity index is 527. The highest BCUT2D eigenvalue weighted by Gasteiger charge is 2.34. The molecular weight excluding hydrogens is 327 g/mol. The van der Waals surface area contributed by atoms with E-state index in [4.69, 9.17) is 0 Å². The van der Waals surface area contributed by atoms with Crippen molar-refractivity contribution in [3.63, 3.8) is 0 Å². The van der Waals surface area contributed by atoms with Crippen LogP contribution in [-0.2, 0) is 11.2 Å². The van der Waals surface area contributed by atoms with Gasteiger partial charge in [0.1, 0.15) is 5.82 Å². The molecule has 1 saturated heterocycles. The lowest BCUT2D eigenvalue weighted by Crippen LogP contribution is -2.52. The number of nitrogens with zero attached hydrogens (tertiary/aromatic N) is 1. The molecule has 1 unspecified atom stereocenters. The summed E-state index contributed by atoms with van der Waals surface area (Å²) in [6.07, 6.45) is 5.52. The molecule has 2 aliphatic rings. The van der Waals surface area contributed by atoms with Gasteiger partial charge in [0.2, 0.25) is 5.91 Å². The van der Waals surface area contributed by atoms with Crippen LogP contribution in [0.3, 0.4) is 0 Å². The van der Waals surface area contributed by atoms with Crippen LogP contribution in [0, 0.1) is 17.7 Å². The van der Waals surface area contributed by atoms with Crippen LogP contribution in [0.1, 0.15) is 38.2 Å². The lowest BCUT2D eigenvalue weighted by molar-refractivity contribution is -0.139. The molecule has 1 aromatic rings. The van der Waals surface area contributed by atoms with Crippen molar-refractivity contribution in [2.24, 2.45) is 11.8 Å². The number of benzene rings is 1. The number of hydrogen-bond donors (Lipinski definition) is 1. The van der Waals surface area contributed by atoms with Gasteiger partial charge in [0, 0.05) is 18.5 Å². The summed E-state index contributed by atoms with van der Waals surface area (Å²) in [5.74, 6) is 0.691. The van der Waals surface area contributed by atoms with E-state index in [0.717, 1.165) is 44.5 Å². The maximum atomic E-state index is 13.0. The van der Waals surface area contributed by atoms with Crippen LogP contribution in [0.2, 0.25) is 0 Å². The van der Waals surface area contributed by atoms with Gasteiger partial charge in [-0.05, 0) is 56.0 Å². The highest BCUT2D eigenvalue weighted by Crippen LogP contribution is 2.27. The number of rotatable bonds is 6. The van der Waals surface area contributed by atoms with Crippen molar-refractivity contribution >= 4 is 18.3 Å². The van der Waals surface area contributed by atoms with E-state index in [1.54, 1.807) is 0 Å². The maximum absolute atomic E-state index is 13.0. The molecular formula is C19H28ClFN2O. The normalized spacial score (nSPS) is 19.4. The molecule has 0 spiro atoms. The van der Waals surface area contributed by atoms with E-state index in [-0.39, 0.29) is 24.1 Å². The molecule has 3 rings (SSSR count). The van der Waals surface area contributed by atoms with Crippen LogP contribution < -0.4 is 5.32 Å². The molecule has 1 heterocycles. The predicted octanol–water partition coefficient (Wildman–Crippen LogP) is 3.42. The van der Waals surface area contributed by atoms with Gasteiger partial charge in [-0.2, -0.15) is 0 Å². The Morgan fingerprint density at radius 2 is 1.88 bits per heavy atom. The van der Waals surface area contributed by atoms with Crippen molar-refractivity contribution in [2.45, 2.75) is 45.1 Å². The number of amides is 1. The largest absolute Gasteiger partial charge is 0.339 e. The zero-order chi connectivity index (χ0) is 16.2. The van der Waals surface area contributed by atoms with E-state index in [9.17, 15) is 9.18 Å². The summed E-state index contributed by atoms with van der Waals surface area (Å²) in [4.78, 5) is 15.1. The summed E-state index contributed by atoms with van der Waals surface area (Å²) in [6.45, 7) is 4.75. The molecule has 24 heavy (non-hydrogen) atoms. The Labute approximate surface area is 150 Å². The van der Waals surface area contributed by atoms with E-state index in [0.29, 0.717) is 17.9 Å². The van der Waals surface area contributed by atoms with Gasteiger partial charge in [-0.15, -0.1) is 12.4 Å². The van der Waals surface area contributed by atoms with Crippen molar-refractivity contribution in [3.8, 4) is 0 Å². The van der Waals surface area contributed by atoms with E-state index in [2.05, 4.69) is 17.1 Å². The van der Waals surface area contributed by atoms with Crippen molar-refractivity contribution in [2.75, 3.05) is 19.6 Å². The Balaban J connectivity index is 0.00000208. The van der Waals surface area contributed by atoms with Gasteiger partial charge in [-0.3, -0.25) is 4.79 Å². The number of hydrogen-bond acceptors (Lipinski definition) is 2. The third kappa shape index (κ3) is 4.48. The van der Waals surface area contributed by atoms with Crippen LogP contribution in [0.5, 0.6) is 0 Å². The van der Waals surface area contributed by atoms with E-state index in [1.165, 1.54) is 25.0 Å². The van der Waals surface area contributed by atoms with Crippen molar-refractivity contribution in [3.05, 3.63) is 35.6 Å². The van der Waals surface area contributed by atoms with E-state index < -0.39 is 0 Å². The standard InChI is InChI=1S/C19H27FN2O.ClH/c1-14(16-12-21-13-16)19(23)22(18-4-2-3-5-18)11-10-15-6-8-17(20)9-7-15;/h6-9,14,16,18,21H,2-5,10-13H2,1H3;1H. The summed E-state index contributed by atoms with van der Waals surface area (Å²) in [5.41, 5.74) is 1.10. The van der Waals surface area contributed by atoms with Gasteiger partial charge in [-0.1, -0.05) is 31.9 Å². The average molecular weight is 355 g/mol. The zero-order valence-corrected chi connectivity index (χ0v) is 15.2. The second-order valence-electron chi connectivity index (χ2n) is 7.05. The van der Waals surface area contributed by atoms with E-state index >= 15 is 0 Å². The van der Waals surface area contributed by atoms with Crippen LogP contribution >= 0.6 is 12.4 Å². The molecule has 1 aromatic carbocycles. The molecule has 3 nitrogen and oxygen atoms in total. The maximum Gasteiger partial charge on any atom is 0.226 e. The first kappa shape index (κ1) is 19.2. The average Bonchev–Trinajstić information content (AvgIpc) is 3.01.